The van der Waals surface area contributed by atoms with Crippen LogP contribution >= 0.6 is 0 Å². The molecule has 0 aromatic rings. The van der Waals surface area contributed by atoms with E-state index in [9.17, 15) is 9.59 Å². The summed E-state index contributed by atoms with van der Waals surface area (Å²) in [5.74, 6) is 4.58. The van der Waals surface area contributed by atoms with Crippen molar-refractivity contribution in [1.29, 1.82) is 0 Å². The number of urea groups is 1. The molecule has 5 heteroatoms. The Hall–Kier alpha value is -1.70. The lowest BCUT2D eigenvalue weighted by Crippen LogP contribution is -2.41. The number of nitrogens with one attached hydrogen (secondary N) is 2. The molecule has 0 fully saturated rings. The van der Waals surface area contributed by atoms with Gasteiger partial charge in [0.05, 0.1) is 6.42 Å². The molecule has 0 radical (unpaired) electrons. The van der Waals surface area contributed by atoms with Gasteiger partial charge in [0.1, 0.15) is 0 Å². The summed E-state index contributed by atoms with van der Waals surface area (Å²) < 4.78 is 0. The zero-order valence-electron chi connectivity index (χ0n) is 8.96. The Labute approximate surface area is 89.2 Å². The average Bonchev–Trinajstić information content (AvgIpc) is 2.10. The number of aliphatic carboxylic acids is 1. The Morgan fingerprint density at radius 1 is 1.47 bits per heavy atom. The van der Waals surface area contributed by atoms with Crippen LogP contribution in [0.3, 0.4) is 0 Å². The van der Waals surface area contributed by atoms with Gasteiger partial charge in [-0.25, -0.2) is 4.79 Å². The van der Waals surface area contributed by atoms with Crippen LogP contribution < -0.4 is 10.6 Å². The average molecular weight is 212 g/mol. The first-order valence-electron chi connectivity index (χ1n) is 4.72. The SMILES string of the molecule is CC#CCCNC(=O)NC(C)CC(=O)O. The highest BCUT2D eigenvalue weighted by Crippen LogP contribution is 1.89. The van der Waals surface area contributed by atoms with Gasteiger partial charge in [0, 0.05) is 19.0 Å². The lowest BCUT2D eigenvalue weighted by molar-refractivity contribution is -0.137. The molecule has 0 aromatic carbocycles. The van der Waals surface area contributed by atoms with Crippen LogP contribution in [0.15, 0.2) is 0 Å². The van der Waals surface area contributed by atoms with E-state index in [0.29, 0.717) is 13.0 Å². The molecule has 0 heterocycles. The zero-order valence-corrected chi connectivity index (χ0v) is 8.96. The van der Waals surface area contributed by atoms with E-state index >= 15 is 0 Å². The van der Waals surface area contributed by atoms with Gasteiger partial charge >= 0.3 is 12.0 Å². The van der Waals surface area contributed by atoms with E-state index in [2.05, 4.69) is 22.5 Å². The summed E-state index contributed by atoms with van der Waals surface area (Å²) in [6.45, 7) is 3.83. The van der Waals surface area contributed by atoms with Gasteiger partial charge in [-0.15, -0.1) is 11.8 Å². The fourth-order valence-electron chi connectivity index (χ4n) is 0.951. The number of carbonyl (C=O) groups is 2. The normalized spacial score (nSPS) is 10.8. The van der Waals surface area contributed by atoms with Crippen molar-refractivity contribution in [2.75, 3.05) is 6.54 Å². The summed E-state index contributed by atoms with van der Waals surface area (Å²) in [7, 11) is 0. The Morgan fingerprint density at radius 2 is 2.13 bits per heavy atom. The van der Waals surface area contributed by atoms with Crippen molar-refractivity contribution in [2.45, 2.75) is 32.7 Å². The number of carbonyl (C=O) groups excluding carboxylic acids is 1. The van der Waals surface area contributed by atoms with Crippen molar-refractivity contribution in [3.8, 4) is 11.8 Å². The molecule has 3 N–H and O–H groups in total. The van der Waals surface area contributed by atoms with Crippen LogP contribution in [-0.4, -0.2) is 29.7 Å². The third-order valence-corrected chi connectivity index (χ3v) is 1.57. The van der Waals surface area contributed by atoms with Crippen molar-refractivity contribution in [2.24, 2.45) is 0 Å². The third kappa shape index (κ3) is 8.63. The van der Waals surface area contributed by atoms with Crippen LogP contribution in [0.4, 0.5) is 4.79 Å². The van der Waals surface area contributed by atoms with Gasteiger partial charge in [-0.3, -0.25) is 4.79 Å². The summed E-state index contributed by atoms with van der Waals surface area (Å²) in [5.41, 5.74) is 0. The van der Waals surface area contributed by atoms with Crippen LogP contribution in [0.25, 0.3) is 0 Å². The van der Waals surface area contributed by atoms with E-state index in [1.165, 1.54) is 0 Å². The van der Waals surface area contributed by atoms with Crippen LogP contribution in [0.5, 0.6) is 0 Å². The number of hydrogen-bond donors (Lipinski definition) is 3. The van der Waals surface area contributed by atoms with E-state index in [1.54, 1.807) is 13.8 Å². The highest BCUT2D eigenvalue weighted by molar-refractivity contribution is 5.75. The molecule has 15 heavy (non-hydrogen) atoms. The quantitative estimate of drug-likeness (QED) is 0.460. The van der Waals surface area contributed by atoms with Crippen LogP contribution in [0.1, 0.15) is 26.7 Å². The van der Waals surface area contributed by atoms with Crippen molar-refractivity contribution < 1.29 is 14.7 Å². The van der Waals surface area contributed by atoms with Crippen molar-refractivity contribution in [3.05, 3.63) is 0 Å². The molecule has 0 saturated carbocycles. The summed E-state index contributed by atoms with van der Waals surface area (Å²) in [4.78, 5) is 21.4. The summed E-state index contributed by atoms with van der Waals surface area (Å²) in [6, 6.07) is -0.735. The maximum absolute atomic E-state index is 11.1. The molecule has 0 aromatic heterocycles. The predicted octanol–water partition coefficient (Wildman–Crippen LogP) is 0.562. The van der Waals surface area contributed by atoms with Crippen molar-refractivity contribution in [1.82, 2.24) is 10.6 Å². The molecular weight excluding hydrogens is 196 g/mol. The van der Waals surface area contributed by atoms with Crippen LogP contribution in [0.2, 0.25) is 0 Å². The molecule has 0 aliphatic carbocycles. The van der Waals surface area contributed by atoms with Gasteiger partial charge in [0.15, 0.2) is 0 Å². The standard InChI is InChI=1S/C10H16N2O3/c1-3-4-5-6-11-10(15)12-8(2)7-9(13)14/h8H,5-7H2,1-2H3,(H,13,14)(H2,11,12,15). The molecule has 5 nitrogen and oxygen atoms in total. The van der Waals surface area contributed by atoms with Gasteiger partial charge in [0.2, 0.25) is 0 Å². The molecule has 2 amide bonds. The van der Waals surface area contributed by atoms with Crippen LogP contribution in [-0.2, 0) is 4.79 Å². The molecule has 0 saturated heterocycles. The van der Waals surface area contributed by atoms with E-state index in [1.807, 2.05) is 0 Å². The lowest BCUT2D eigenvalue weighted by atomic mass is 10.2. The highest BCUT2D eigenvalue weighted by Gasteiger charge is 2.09. The van der Waals surface area contributed by atoms with E-state index in [-0.39, 0.29) is 18.5 Å². The molecule has 0 aliphatic heterocycles. The molecule has 0 spiro atoms. The highest BCUT2D eigenvalue weighted by atomic mass is 16.4. The second-order valence-electron chi connectivity index (χ2n) is 3.08. The summed E-state index contributed by atoms with van der Waals surface area (Å²) in [5, 5.41) is 13.5. The van der Waals surface area contributed by atoms with Crippen LogP contribution in [0, 0.1) is 11.8 Å². The molecule has 1 unspecified atom stereocenters. The predicted molar refractivity (Wildman–Crippen MR) is 56.3 cm³/mol. The van der Waals surface area contributed by atoms with E-state index in [0.717, 1.165) is 0 Å². The van der Waals surface area contributed by atoms with Gasteiger partial charge in [-0.2, -0.15) is 0 Å². The number of amides is 2. The molecular formula is C10H16N2O3. The second-order valence-corrected chi connectivity index (χ2v) is 3.08. The number of hydrogen-bond acceptors (Lipinski definition) is 2. The number of carboxylic acid groups (broad SMARTS) is 1. The zero-order chi connectivity index (χ0) is 11.7. The minimum atomic E-state index is -0.931. The van der Waals surface area contributed by atoms with Crippen molar-refractivity contribution >= 4 is 12.0 Å². The minimum absolute atomic E-state index is 0.0812. The third-order valence-electron chi connectivity index (χ3n) is 1.57. The first-order chi connectivity index (χ1) is 7.06. The Kier molecular flexibility index (Phi) is 6.81. The lowest BCUT2D eigenvalue weighted by Gasteiger charge is -2.11. The summed E-state index contributed by atoms with van der Waals surface area (Å²) in [6.07, 6.45) is 0.513. The number of rotatable bonds is 5. The van der Waals surface area contributed by atoms with Gasteiger partial charge < -0.3 is 15.7 Å². The van der Waals surface area contributed by atoms with E-state index in [4.69, 9.17) is 5.11 Å². The first kappa shape index (κ1) is 13.3. The molecule has 0 aliphatic rings. The summed E-state index contributed by atoms with van der Waals surface area (Å²) >= 11 is 0. The first-order valence-corrected chi connectivity index (χ1v) is 4.72. The van der Waals surface area contributed by atoms with Crippen molar-refractivity contribution in [3.63, 3.8) is 0 Å². The van der Waals surface area contributed by atoms with E-state index < -0.39 is 5.97 Å². The molecule has 0 rings (SSSR count). The van der Waals surface area contributed by atoms with Gasteiger partial charge in [-0.05, 0) is 13.8 Å². The maximum Gasteiger partial charge on any atom is 0.315 e. The maximum atomic E-state index is 11.1. The van der Waals surface area contributed by atoms with Gasteiger partial charge in [0.25, 0.3) is 0 Å². The Bertz CT molecular complexity index is 278. The monoisotopic (exact) mass is 212 g/mol. The topological polar surface area (TPSA) is 78.4 Å². The Morgan fingerprint density at radius 3 is 2.67 bits per heavy atom. The Balaban J connectivity index is 3.62. The molecule has 1 atom stereocenters. The smallest absolute Gasteiger partial charge is 0.315 e. The fraction of sp³-hybridized carbons (Fsp3) is 0.600. The van der Waals surface area contributed by atoms with Gasteiger partial charge in [-0.1, -0.05) is 0 Å². The molecule has 84 valence electrons. The minimum Gasteiger partial charge on any atom is -0.481 e. The fourth-order valence-corrected chi connectivity index (χ4v) is 0.951. The second kappa shape index (κ2) is 7.68. The molecule has 0 bridgehead atoms. The number of carboxylic acids is 1. The largest absolute Gasteiger partial charge is 0.481 e.